The van der Waals surface area contributed by atoms with Gasteiger partial charge in [0.05, 0.1) is 4.48 Å². The standard InChI is InChI=1S/C13H25BrO2Si/c1-13(2,3)17(4,5)16-10-8-6-7-9-12(14)11-15/h9,11H,6-8,10H2,1-5H3/b12-9-. The number of allylic oxidation sites excluding steroid dienone is 2. The van der Waals surface area contributed by atoms with Crippen LogP contribution in [0.25, 0.3) is 0 Å². The van der Waals surface area contributed by atoms with Crippen LogP contribution in [-0.4, -0.2) is 21.2 Å². The highest BCUT2D eigenvalue weighted by Gasteiger charge is 2.36. The summed E-state index contributed by atoms with van der Waals surface area (Å²) in [6.45, 7) is 12.1. The largest absolute Gasteiger partial charge is 0.417 e. The van der Waals surface area contributed by atoms with Gasteiger partial charge in [-0.15, -0.1) is 0 Å². The van der Waals surface area contributed by atoms with E-state index in [0.29, 0.717) is 4.48 Å². The SMILES string of the molecule is CC(C)(C)[Si](C)(C)OCCCC/C=C(\Br)C=O. The van der Waals surface area contributed by atoms with Gasteiger partial charge in [-0.3, -0.25) is 4.79 Å². The molecule has 0 N–H and O–H groups in total. The van der Waals surface area contributed by atoms with Gasteiger partial charge in [-0.25, -0.2) is 0 Å². The third-order valence-electron chi connectivity index (χ3n) is 3.32. The molecule has 0 aliphatic heterocycles. The van der Waals surface area contributed by atoms with Gasteiger partial charge in [0.2, 0.25) is 0 Å². The number of carbonyl (C=O) groups excluding carboxylic acids is 1. The van der Waals surface area contributed by atoms with Crippen molar-refractivity contribution < 1.29 is 9.22 Å². The summed E-state index contributed by atoms with van der Waals surface area (Å²) in [5, 5.41) is 0.285. The summed E-state index contributed by atoms with van der Waals surface area (Å²) < 4.78 is 6.71. The summed E-state index contributed by atoms with van der Waals surface area (Å²) in [6, 6.07) is 0. The molecule has 0 saturated carbocycles. The van der Waals surface area contributed by atoms with Crippen LogP contribution in [0.3, 0.4) is 0 Å². The lowest BCUT2D eigenvalue weighted by Crippen LogP contribution is -2.40. The monoisotopic (exact) mass is 320 g/mol. The Balaban J connectivity index is 3.76. The predicted molar refractivity (Wildman–Crippen MR) is 80.1 cm³/mol. The van der Waals surface area contributed by atoms with Gasteiger partial charge >= 0.3 is 0 Å². The summed E-state index contributed by atoms with van der Waals surface area (Å²) in [4.78, 5) is 10.3. The van der Waals surface area contributed by atoms with Crippen LogP contribution in [-0.2, 0) is 9.22 Å². The number of rotatable bonds is 7. The second-order valence-corrected chi connectivity index (χ2v) is 11.5. The number of hydrogen-bond acceptors (Lipinski definition) is 2. The van der Waals surface area contributed by atoms with Crippen molar-refractivity contribution >= 4 is 30.5 Å². The maximum atomic E-state index is 10.3. The van der Waals surface area contributed by atoms with E-state index in [1.807, 2.05) is 6.08 Å². The second kappa shape index (κ2) is 7.49. The number of halogens is 1. The molecule has 0 fully saturated rings. The molecule has 17 heavy (non-hydrogen) atoms. The predicted octanol–water partition coefficient (Wildman–Crippen LogP) is 4.66. The normalized spacial score (nSPS) is 13.9. The summed E-state index contributed by atoms with van der Waals surface area (Å²) in [6.07, 6.45) is 5.80. The molecular formula is C13H25BrO2Si. The molecule has 0 spiro atoms. The Morgan fingerprint density at radius 1 is 1.29 bits per heavy atom. The molecule has 0 atom stereocenters. The van der Waals surface area contributed by atoms with E-state index in [1.165, 1.54) is 0 Å². The van der Waals surface area contributed by atoms with Gasteiger partial charge < -0.3 is 4.43 Å². The molecule has 0 rings (SSSR count). The van der Waals surface area contributed by atoms with E-state index >= 15 is 0 Å². The summed E-state index contributed by atoms with van der Waals surface area (Å²) >= 11 is 3.17. The molecule has 0 amide bonds. The summed E-state index contributed by atoms with van der Waals surface area (Å²) in [7, 11) is -1.57. The molecule has 0 aliphatic carbocycles. The number of unbranched alkanes of at least 4 members (excludes halogenated alkanes) is 2. The molecule has 0 heterocycles. The molecule has 100 valence electrons. The molecule has 0 aromatic rings. The Hall–Kier alpha value is 0.0669. The third kappa shape index (κ3) is 7.16. The number of aldehydes is 1. The van der Waals surface area contributed by atoms with Crippen molar-refractivity contribution in [1.29, 1.82) is 0 Å². The zero-order chi connectivity index (χ0) is 13.5. The fourth-order valence-electron chi connectivity index (χ4n) is 1.08. The molecule has 4 heteroatoms. The van der Waals surface area contributed by atoms with E-state index in [-0.39, 0.29) is 5.04 Å². The van der Waals surface area contributed by atoms with Crippen LogP contribution in [0.2, 0.25) is 18.1 Å². The van der Waals surface area contributed by atoms with Crippen molar-refractivity contribution in [3.63, 3.8) is 0 Å². The van der Waals surface area contributed by atoms with Gasteiger partial charge in [-0.05, 0) is 53.3 Å². The first kappa shape index (κ1) is 17.1. The van der Waals surface area contributed by atoms with Gasteiger partial charge in [0.25, 0.3) is 0 Å². The molecular weight excluding hydrogens is 296 g/mol. The maximum Gasteiger partial charge on any atom is 0.191 e. The Morgan fingerprint density at radius 3 is 2.35 bits per heavy atom. The molecule has 0 aromatic carbocycles. The highest BCUT2D eigenvalue weighted by atomic mass is 79.9. The quantitative estimate of drug-likeness (QED) is 0.295. The van der Waals surface area contributed by atoms with Crippen molar-refractivity contribution in [3.05, 3.63) is 10.6 Å². The first-order chi connectivity index (χ1) is 7.70. The average molecular weight is 321 g/mol. The maximum absolute atomic E-state index is 10.3. The van der Waals surface area contributed by atoms with E-state index in [2.05, 4.69) is 49.8 Å². The third-order valence-corrected chi connectivity index (χ3v) is 8.37. The minimum Gasteiger partial charge on any atom is -0.417 e. The van der Waals surface area contributed by atoms with Crippen LogP contribution in [0.1, 0.15) is 40.0 Å². The number of hydrogen-bond donors (Lipinski definition) is 0. The lowest BCUT2D eigenvalue weighted by atomic mass is 10.2. The van der Waals surface area contributed by atoms with Crippen LogP contribution >= 0.6 is 15.9 Å². The van der Waals surface area contributed by atoms with Crippen molar-refractivity contribution in [2.24, 2.45) is 0 Å². The van der Waals surface area contributed by atoms with Crippen LogP contribution in [0, 0.1) is 0 Å². The molecule has 0 aromatic heterocycles. The minimum absolute atomic E-state index is 0.285. The van der Waals surface area contributed by atoms with Crippen molar-refractivity contribution in [1.82, 2.24) is 0 Å². The topological polar surface area (TPSA) is 26.3 Å². The molecule has 0 saturated heterocycles. The van der Waals surface area contributed by atoms with Crippen LogP contribution in [0.5, 0.6) is 0 Å². The zero-order valence-electron chi connectivity index (χ0n) is 11.7. The Bertz CT molecular complexity index is 267. The molecule has 0 unspecified atom stereocenters. The van der Waals surface area contributed by atoms with Gasteiger partial charge in [-0.2, -0.15) is 0 Å². The smallest absolute Gasteiger partial charge is 0.191 e. The second-order valence-electron chi connectivity index (χ2n) is 5.81. The molecule has 0 aliphatic rings. The first-order valence-corrected chi connectivity index (χ1v) is 9.85. The van der Waals surface area contributed by atoms with Crippen LogP contribution in [0.15, 0.2) is 10.6 Å². The fraction of sp³-hybridized carbons (Fsp3) is 0.769. The van der Waals surface area contributed by atoms with Gasteiger partial charge in [0.15, 0.2) is 14.6 Å². The van der Waals surface area contributed by atoms with Gasteiger partial charge in [0.1, 0.15) is 0 Å². The first-order valence-electron chi connectivity index (χ1n) is 6.15. The molecule has 0 bridgehead atoms. The van der Waals surface area contributed by atoms with Crippen LogP contribution < -0.4 is 0 Å². The van der Waals surface area contributed by atoms with Crippen molar-refractivity contribution in [2.45, 2.75) is 58.2 Å². The van der Waals surface area contributed by atoms with Crippen LogP contribution in [0.4, 0.5) is 0 Å². The Morgan fingerprint density at radius 2 is 1.88 bits per heavy atom. The van der Waals surface area contributed by atoms with Gasteiger partial charge in [0, 0.05) is 6.61 Å². The Labute approximate surface area is 115 Å². The van der Waals surface area contributed by atoms with E-state index in [4.69, 9.17) is 4.43 Å². The summed E-state index contributed by atoms with van der Waals surface area (Å²) in [5.41, 5.74) is 0. The fourth-order valence-corrected chi connectivity index (χ4v) is 2.39. The average Bonchev–Trinajstić information content (AvgIpc) is 2.21. The molecule has 2 nitrogen and oxygen atoms in total. The van der Waals surface area contributed by atoms with E-state index in [1.54, 1.807) is 0 Å². The lowest BCUT2D eigenvalue weighted by molar-refractivity contribution is -0.104. The van der Waals surface area contributed by atoms with Gasteiger partial charge in [-0.1, -0.05) is 26.8 Å². The van der Waals surface area contributed by atoms with Crippen molar-refractivity contribution in [2.75, 3.05) is 6.61 Å². The minimum atomic E-state index is -1.57. The van der Waals surface area contributed by atoms with E-state index in [9.17, 15) is 4.79 Å². The zero-order valence-corrected chi connectivity index (χ0v) is 14.3. The summed E-state index contributed by atoms with van der Waals surface area (Å²) in [5.74, 6) is 0. The van der Waals surface area contributed by atoms with Crippen molar-refractivity contribution in [3.8, 4) is 0 Å². The Kier molecular flexibility index (Phi) is 7.52. The van der Waals surface area contributed by atoms with E-state index < -0.39 is 8.32 Å². The number of carbonyl (C=O) groups is 1. The lowest BCUT2D eigenvalue weighted by Gasteiger charge is -2.36. The highest BCUT2D eigenvalue weighted by Crippen LogP contribution is 2.36. The molecule has 0 radical (unpaired) electrons. The highest BCUT2D eigenvalue weighted by molar-refractivity contribution is 9.12. The van der Waals surface area contributed by atoms with E-state index in [0.717, 1.165) is 32.2 Å².